The summed E-state index contributed by atoms with van der Waals surface area (Å²) in [7, 11) is 0. The quantitative estimate of drug-likeness (QED) is 0.288. The second-order valence-electron chi connectivity index (χ2n) is 8.66. The van der Waals surface area contributed by atoms with Gasteiger partial charge in [0, 0.05) is 30.7 Å². The van der Waals surface area contributed by atoms with E-state index in [4.69, 9.17) is 5.26 Å². The van der Waals surface area contributed by atoms with Crippen LogP contribution in [0.5, 0.6) is 5.75 Å². The predicted octanol–water partition coefficient (Wildman–Crippen LogP) is 3.87. The van der Waals surface area contributed by atoms with Crippen molar-refractivity contribution in [2.45, 2.75) is 31.3 Å². The van der Waals surface area contributed by atoms with E-state index in [-0.39, 0.29) is 23.6 Å². The lowest BCUT2D eigenvalue weighted by Gasteiger charge is -2.33. The molecule has 0 aliphatic carbocycles. The second-order valence-corrected chi connectivity index (χ2v) is 8.66. The Morgan fingerprint density at radius 1 is 1.18 bits per heavy atom. The molecule has 1 amide bonds. The molecule has 3 N–H and O–H groups in total. The first-order chi connectivity index (χ1) is 18.2. The third-order valence-electron chi connectivity index (χ3n) is 5.78. The summed E-state index contributed by atoms with van der Waals surface area (Å²) in [5.41, 5.74) is -0.570. The fourth-order valence-corrected chi connectivity index (χ4v) is 3.86. The predicted molar refractivity (Wildman–Crippen MR) is 131 cm³/mol. The maximum absolute atomic E-state index is 16.2. The van der Waals surface area contributed by atoms with Crippen molar-refractivity contribution in [3.05, 3.63) is 90.0 Å². The Labute approximate surface area is 215 Å². The number of aromatic nitrogens is 3. The highest BCUT2D eigenvalue weighted by molar-refractivity contribution is 5.94. The molecule has 3 aromatic heterocycles. The van der Waals surface area contributed by atoms with E-state index in [9.17, 15) is 18.7 Å². The van der Waals surface area contributed by atoms with Crippen molar-refractivity contribution in [1.82, 2.24) is 19.9 Å². The first kappa shape index (κ1) is 26.4. The number of amides is 1. The van der Waals surface area contributed by atoms with Crippen LogP contribution in [0.15, 0.2) is 73.2 Å². The molecule has 3 atom stereocenters. The highest BCUT2D eigenvalue weighted by atomic mass is 19.3. The molecular weight excluding hydrogens is 501 g/mol. The van der Waals surface area contributed by atoms with E-state index < -0.39 is 30.3 Å². The third kappa shape index (κ3) is 6.01. The van der Waals surface area contributed by atoms with Crippen LogP contribution in [-0.4, -0.2) is 50.5 Å². The molecule has 9 nitrogen and oxygen atoms in total. The van der Waals surface area contributed by atoms with E-state index in [0.717, 1.165) is 0 Å². The Morgan fingerprint density at radius 3 is 2.71 bits per heavy atom. The van der Waals surface area contributed by atoms with Gasteiger partial charge in [0.1, 0.15) is 23.5 Å². The van der Waals surface area contributed by atoms with Crippen LogP contribution in [-0.2, 0) is 0 Å². The summed E-state index contributed by atoms with van der Waals surface area (Å²) < 4.78 is 47.0. The highest BCUT2D eigenvalue weighted by Crippen LogP contribution is 2.30. The van der Waals surface area contributed by atoms with Crippen LogP contribution in [0.3, 0.4) is 0 Å². The van der Waals surface area contributed by atoms with Gasteiger partial charge in [0.25, 0.3) is 5.91 Å². The van der Waals surface area contributed by atoms with Crippen molar-refractivity contribution in [2.75, 3.05) is 11.9 Å². The molecule has 0 fully saturated rings. The molecule has 0 bridgehead atoms. The molecule has 0 aliphatic rings. The summed E-state index contributed by atoms with van der Waals surface area (Å²) in [6.07, 6.45) is 2.03. The molecule has 0 saturated carbocycles. The fraction of sp³-hybridized carbons (Fsp3) is 0.231. The molecule has 0 aliphatic heterocycles. The number of fused-ring (bicyclic) bond motifs is 1. The molecule has 0 spiro atoms. The highest BCUT2D eigenvalue weighted by Gasteiger charge is 2.41. The SMILES string of the molecule is C[C@@](O)(CNc1cccc(OC(F)F)c1)[C@H](F)[C@H](NC(=O)c1cccnc1)c1ccc2cc(C#N)cnn12. The average molecular weight is 525 g/mol. The Balaban J connectivity index is 1.62. The topological polar surface area (TPSA) is 125 Å². The summed E-state index contributed by atoms with van der Waals surface area (Å²) >= 11 is 0. The van der Waals surface area contributed by atoms with Gasteiger partial charge >= 0.3 is 6.61 Å². The molecule has 196 valence electrons. The number of carbonyl (C=O) groups excluding carboxylic acids is 1. The van der Waals surface area contributed by atoms with Crippen LogP contribution in [0.2, 0.25) is 0 Å². The average Bonchev–Trinajstić information content (AvgIpc) is 3.33. The zero-order valence-electron chi connectivity index (χ0n) is 20.1. The van der Waals surface area contributed by atoms with Crippen LogP contribution in [0.4, 0.5) is 18.9 Å². The number of rotatable bonds is 10. The minimum Gasteiger partial charge on any atom is -0.435 e. The molecule has 0 saturated heterocycles. The summed E-state index contributed by atoms with van der Waals surface area (Å²) in [5.74, 6) is -0.736. The Kier molecular flexibility index (Phi) is 7.78. The zero-order valence-corrected chi connectivity index (χ0v) is 20.1. The normalized spacial score (nSPS) is 14.3. The maximum Gasteiger partial charge on any atom is 0.387 e. The number of hydrogen-bond donors (Lipinski definition) is 3. The van der Waals surface area contributed by atoms with Gasteiger partial charge in [0.2, 0.25) is 0 Å². The number of halogens is 3. The fourth-order valence-electron chi connectivity index (χ4n) is 3.86. The van der Waals surface area contributed by atoms with Crippen LogP contribution in [0.1, 0.15) is 34.6 Å². The number of anilines is 1. The number of aliphatic hydroxyl groups is 1. The lowest BCUT2D eigenvalue weighted by Crippen LogP contribution is -2.50. The summed E-state index contributed by atoms with van der Waals surface area (Å²) in [4.78, 5) is 16.9. The van der Waals surface area contributed by atoms with Crippen LogP contribution in [0, 0.1) is 11.3 Å². The lowest BCUT2D eigenvalue weighted by atomic mass is 9.92. The van der Waals surface area contributed by atoms with Crippen LogP contribution in [0.25, 0.3) is 5.52 Å². The van der Waals surface area contributed by atoms with E-state index in [2.05, 4.69) is 25.5 Å². The number of nitriles is 1. The molecule has 4 rings (SSSR count). The number of benzene rings is 1. The smallest absolute Gasteiger partial charge is 0.387 e. The number of nitrogens with one attached hydrogen (secondary N) is 2. The summed E-state index contributed by atoms with van der Waals surface area (Å²) in [5, 5.41) is 29.9. The van der Waals surface area contributed by atoms with Gasteiger partial charge in [-0.3, -0.25) is 9.78 Å². The van der Waals surface area contributed by atoms with Crippen molar-refractivity contribution in [1.29, 1.82) is 5.26 Å². The maximum atomic E-state index is 16.2. The largest absolute Gasteiger partial charge is 0.435 e. The van der Waals surface area contributed by atoms with Gasteiger partial charge in [0.05, 0.1) is 28.5 Å². The summed E-state index contributed by atoms with van der Waals surface area (Å²) in [6, 6.07) is 14.0. The van der Waals surface area contributed by atoms with Gasteiger partial charge in [-0.2, -0.15) is 19.1 Å². The zero-order chi connectivity index (χ0) is 27.3. The first-order valence-electron chi connectivity index (χ1n) is 11.4. The molecule has 1 aromatic carbocycles. The minimum absolute atomic E-state index is 0.106. The van der Waals surface area contributed by atoms with E-state index in [1.54, 1.807) is 30.3 Å². The molecule has 0 unspecified atom stereocenters. The van der Waals surface area contributed by atoms with Gasteiger partial charge in [0.15, 0.2) is 6.17 Å². The first-order valence-corrected chi connectivity index (χ1v) is 11.4. The second kappa shape index (κ2) is 11.2. The van der Waals surface area contributed by atoms with Gasteiger partial charge in [-0.1, -0.05) is 6.07 Å². The van der Waals surface area contributed by atoms with Crippen molar-refractivity contribution < 1.29 is 27.8 Å². The van der Waals surface area contributed by atoms with Gasteiger partial charge in [-0.05, 0) is 49.4 Å². The van der Waals surface area contributed by atoms with Crippen LogP contribution < -0.4 is 15.4 Å². The van der Waals surface area contributed by atoms with Crippen molar-refractivity contribution in [3.63, 3.8) is 0 Å². The molecular formula is C26H23F3N6O3. The van der Waals surface area contributed by atoms with Crippen LogP contribution >= 0.6 is 0 Å². The number of pyridine rings is 1. The standard InChI is InChI=1S/C26H23F3N6O3/c1-26(37,15-32-18-5-2-6-20(11-18)38-25(28)29)23(27)22(34-24(36)17-4-3-9-31-14-17)21-8-7-19-10-16(12-30)13-33-35(19)21/h2-11,13-14,22-23,25,32,37H,15H2,1H3,(H,34,36)/t22-,23-,26-/m1/s1. The third-order valence-corrected chi connectivity index (χ3v) is 5.78. The molecule has 3 heterocycles. The Hall–Kier alpha value is -4.63. The lowest BCUT2D eigenvalue weighted by molar-refractivity contribution is -0.0498. The number of carbonyl (C=O) groups is 1. The Morgan fingerprint density at radius 2 is 2.00 bits per heavy atom. The van der Waals surface area contributed by atoms with E-state index >= 15 is 4.39 Å². The molecule has 0 radical (unpaired) electrons. The number of nitrogens with zero attached hydrogens (tertiary/aromatic N) is 4. The Bertz CT molecular complexity index is 1460. The van der Waals surface area contributed by atoms with Gasteiger partial charge < -0.3 is 20.5 Å². The van der Waals surface area contributed by atoms with Crippen molar-refractivity contribution in [2.24, 2.45) is 0 Å². The van der Waals surface area contributed by atoms with Gasteiger partial charge in [-0.25, -0.2) is 8.91 Å². The number of ether oxygens (including phenoxy) is 1. The monoisotopic (exact) mass is 524 g/mol. The molecule has 4 aromatic rings. The van der Waals surface area contributed by atoms with E-state index in [0.29, 0.717) is 16.8 Å². The van der Waals surface area contributed by atoms with Crippen molar-refractivity contribution >= 4 is 17.1 Å². The minimum atomic E-state index is -3.01. The van der Waals surface area contributed by atoms with E-state index in [1.807, 2.05) is 6.07 Å². The van der Waals surface area contributed by atoms with E-state index in [1.165, 1.54) is 54.3 Å². The summed E-state index contributed by atoms with van der Waals surface area (Å²) in [6.45, 7) is -2.12. The number of alkyl halides is 3. The van der Waals surface area contributed by atoms with Gasteiger partial charge in [-0.15, -0.1) is 0 Å². The molecule has 38 heavy (non-hydrogen) atoms. The molecule has 12 heteroatoms. The van der Waals surface area contributed by atoms with Crippen molar-refractivity contribution in [3.8, 4) is 11.8 Å². The number of hydrogen-bond acceptors (Lipinski definition) is 7.